The molecule has 18 heavy (non-hydrogen) atoms. The fourth-order valence-electron chi connectivity index (χ4n) is 3.18. The third-order valence-corrected chi connectivity index (χ3v) is 4.89. The van der Waals surface area contributed by atoms with Gasteiger partial charge in [0.1, 0.15) is 10.4 Å². The molecule has 2 fully saturated rings. The van der Waals surface area contributed by atoms with E-state index < -0.39 is 11.4 Å². The summed E-state index contributed by atoms with van der Waals surface area (Å²) in [6.07, 6.45) is 0. The first kappa shape index (κ1) is 11.9. The minimum Gasteiger partial charge on any atom is -0.481 e. The third kappa shape index (κ3) is 1.61. The van der Waals surface area contributed by atoms with E-state index in [1.165, 1.54) is 11.3 Å². The highest BCUT2D eigenvalue weighted by Crippen LogP contribution is 2.44. The summed E-state index contributed by atoms with van der Waals surface area (Å²) < 4.78 is 0. The molecule has 0 spiro atoms. The molecule has 2 unspecified atom stereocenters. The van der Waals surface area contributed by atoms with Gasteiger partial charge in [0.15, 0.2) is 0 Å². The number of hydrogen-bond acceptors (Lipinski definition) is 6. The number of nitrogens with zero attached hydrogens (tertiary/aromatic N) is 4. The zero-order valence-corrected chi connectivity index (χ0v) is 11.3. The molecule has 1 aromatic heterocycles. The summed E-state index contributed by atoms with van der Waals surface area (Å²) >= 11 is 1.53. The van der Waals surface area contributed by atoms with Gasteiger partial charge in [-0.05, 0) is 14.0 Å². The van der Waals surface area contributed by atoms with Crippen LogP contribution in [0, 0.1) is 18.3 Å². The molecule has 98 valence electrons. The van der Waals surface area contributed by atoms with E-state index in [-0.39, 0.29) is 5.92 Å². The molecule has 3 rings (SSSR count). The Morgan fingerprint density at radius 1 is 1.44 bits per heavy atom. The summed E-state index contributed by atoms with van der Waals surface area (Å²) in [4.78, 5) is 15.8. The fraction of sp³-hybridized carbons (Fsp3) is 0.727. The van der Waals surface area contributed by atoms with Crippen LogP contribution in [-0.4, -0.2) is 59.4 Å². The van der Waals surface area contributed by atoms with Gasteiger partial charge in [-0.25, -0.2) is 0 Å². The minimum atomic E-state index is -0.680. The average molecular weight is 268 g/mol. The highest BCUT2D eigenvalue weighted by molar-refractivity contribution is 7.15. The van der Waals surface area contributed by atoms with Gasteiger partial charge in [0.05, 0.1) is 0 Å². The van der Waals surface area contributed by atoms with Gasteiger partial charge in [0.25, 0.3) is 0 Å². The zero-order valence-electron chi connectivity index (χ0n) is 10.5. The Hall–Kier alpha value is -1.21. The molecule has 7 heteroatoms. The summed E-state index contributed by atoms with van der Waals surface area (Å²) in [6.45, 7) is 4.71. The summed E-state index contributed by atoms with van der Waals surface area (Å²) in [7, 11) is 1.99. The highest BCUT2D eigenvalue weighted by Gasteiger charge is 2.57. The average Bonchev–Trinajstić information content (AvgIpc) is 2.89. The van der Waals surface area contributed by atoms with E-state index in [0.29, 0.717) is 13.1 Å². The zero-order chi connectivity index (χ0) is 12.9. The van der Waals surface area contributed by atoms with Gasteiger partial charge in [-0.15, -0.1) is 10.2 Å². The van der Waals surface area contributed by atoms with E-state index in [9.17, 15) is 9.90 Å². The van der Waals surface area contributed by atoms with Crippen LogP contribution < -0.4 is 4.90 Å². The molecular formula is C11H16N4O2S. The molecule has 3 heterocycles. The molecule has 1 aromatic rings. The molecule has 2 aliphatic heterocycles. The third-order valence-electron chi connectivity index (χ3n) is 3.99. The Balaban J connectivity index is 1.87. The van der Waals surface area contributed by atoms with E-state index in [4.69, 9.17) is 0 Å². The molecule has 0 saturated carbocycles. The van der Waals surface area contributed by atoms with Crippen molar-refractivity contribution < 1.29 is 9.90 Å². The number of rotatable bonds is 2. The highest BCUT2D eigenvalue weighted by atomic mass is 32.1. The van der Waals surface area contributed by atoms with Crippen LogP contribution in [0.1, 0.15) is 5.01 Å². The van der Waals surface area contributed by atoms with Crippen molar-refractivity contribution in [3.05, 3.63) is 5.01 Å². The van der Waals surface area contributed by atoms with Crippen LogP contribution in [0.2, 0.25) is 0 Å². The van der Waals surface area contributed by atoms with Gasteiger partial charge >= 0.3 is 5.97 Å². The van der Waals surface area contributed by atoms with Crippen molar-refractivity contribution in [1.82, 2.24) is 15.1 Å². The number of aryl methyl sites for hydroxylation is 1. The predicted octanol–water partition coefficient (Wildman–Crippen LogP) is 0.299. The number of aromatic nitrogens is 2. The normalized spacial score (nSPS) is 31.9. The molecule has 2 saturated heterocycles. The second kappa shape index (κ2) is 3.89. The van der Waals surface area contributed by atoms with E-state index >= 15 is 0 Å². The Morgan fingerprint density at radius 3 is 2.78 bits per heavy atom. The maximum atomic E-state index is 11.6. The molecule has 0 aromatic carbocycles. The topological polar surface area (TPSA) is 69.6 Å². The number of hydrogen-bond donors (Lipinski definition) is 1. The predicted molar refractivity (Wildman–Crippen MR) is 67.9 cm³/mol. The van der Waals surface area contributed by atoms with Crippen LogP contribution >= 0.6 is 11.3 Å². The van der Waals surface area contributed by atoms with Crippen LogP contribution in [0.3, 0.4) is 0 Å². The van der Waals surface area contributed by atoms with E-state index in [2.05, 4.69) is 20.0 Å². The van der Waals surface area contributed by atoms with Crippen LogP contribution in [0.4, 0.5) is 5.13 Å². The fourth-order valence-corrected chi connectivity index (χ4v) is 3.87. The van der Waals surface area contributed by atoms with Crippen molar-refractivity contribution in [2.24, 2.45) is 11.3 Å². The molecule has 0 amide bonds. The molecular weight excluding hydrogens is 252 g/mol. The van der Waals surface area contributed by atoms with Crippen molar-refractivity contribution in [1.29, 1.82) is 0 Å². The van der Waals surface area contributed by atoms with Crippen LogP contribution in [0.5, 0.6) is 0 Å². The van der Waals surface area contributed by atoms with E-state index in [1.54, 1.807) is 0 Å². The first-order valence-electron chi connectivity index (χ1n) is 5.98. The number of carboxylic acid groups (broad SMARTS) is 1. The quantitative estimate of drug-likeness (QED) is 0.832. The Morgan fingerprint density at radius 2 is 2.22 bits per heavy atom. The maximum Gasteiger partial charge on any atom is 0.313 e. The summed E-state index contributed by atoms with van der Waals surface area (Å²) in [5.41, 5.74) is -0.631. The lowest BCUT2D eigenvalue weighted by Crippen LogP contribution is -2.40. The second-order valence-corrected chi connectivity index (χ2v) is 6.50. The number of fused-ring (bicyclic) bond motifs is 1. The maximum absolute atomic E-state index is 11.6. The Bertz CT molecular complexity index is 491. The van der Waals surface area contributed by atoms with Crippen LogP contribution in [0.25, 0.3) is 0 Å². The van der Waals surface area contributed by atoms with E-state index in [0.717, 1.165) is 23.2 Å². The monoisotopic (exact) mass is 268 g/mol. The van der Waals surface area contributed by atoms with Crippen molar-refractivity contribution in [2.75, 3.05) is 38.1 Å². The van der Waals surface area contributed by atoms with Gasteiger partial charge in [-0.2, -0.15) is 0 Å². The lowest BCUT2D eigenvalue weighted by atomic mass is 9.81. The van der Waals surface area contributed by atoms with Crippen molar-refractivity contribution >= 4 is 22.4 Å². The van der Waals surface area contributed by atoms with Crippen molar-refractivity contribution in [3.8, 4) is 0 Å². The Labute approximate surface area is 109 Å². The van der Waals surface area contributed by atoms with Crippen LogP contribution in [-0.2, 0) is 4.79 Å². The second-order valence-electron chi connectivity index (χ2n) is 5.34. The Kier molecular flexibility index (Phi) is 2.56. The number of likely N-dealkylation sites (tertiary alicyclic amines) is 1. The first-order valence-corrected chi connectivity index (χ1v) is 6.80. The molecule has 2 aliphatic rings. The molecule has 0 radical (unpaired) electrons. The van der Waals surface area contributed by atoms with Crippen molar-refractivity contribution in [2.45, 2.75) is 6.92 Å². The number of carboxylic acids is 1. The lowest BCUT2D eigenvalue weighted by molar-refractivity contribution is -0.148. The van der Waals surface area contributed by atoms with Gasteiger partial charge in [-0.1, -0.05) is 11.3 Å². The number of carbonyl (C=O) groups is 1. The molecule has 2 atom stereocenters. The molecule has 0 bridgehead atoms. The van der Waals surface area contributed by atoms with Gasteiger partial charge < -0.3 is 14.9 Å². The number of aliphatic carboxylic acids is 1. The molecule has 6 nitrogen and oxygen atoms in total. The SMILES string of the molecule is Cc1nnc(N2CC3CN(C)CC3(C(=O)O)C2)s1. The smallest absolute Gasteiger partial charge is 0.313 e. The van der Waals surface area contributed by atoms with Gasteiger partial charge in [0.2, 0.25) is 5.13 Å². The van der Waals surface area contributed by atoms with Gasteiger partial charge in [-0.3, -0.25) is 4.79 Å². The number of anilines is 1. The largest absolute Gasteiger partial charge is 0.481 e. The van der Waals surface area contributed by atoms with E-state index in [1.807, 2.05) is 14.0 Å². The van der Waals surface area contributed by atoms with Crippen LogP contribution in [0.15, 0.2) is 0 Å². The lowest BCUT2D eigenvalue weighted by Gasteiger charge is -2.23. The molecule has 1 N–H and O–H groups in total. The molecule has 0 aliphatic carbocycles. The minimum absolute atomic E-state index is 0.184. The first-order chi connectivity index (χ1) is 8.51. The summed E-state index contributed by atoms with van der Waals surface area (Å²) in [5.74, 6) is -0.496. The van der Waals surface area contributed by atoms with Crippen molar-refractivity contribution in [3.63, 3.8) is 0 Å². The summed E-state index contributed by atoms with van der Waals surface area (Å²) in [6, 6.07) is 0. The standard InChI is InChI=1S/C11H16N4O2S/c1-7-12-13-10(18-7)15-4-8-3-14(2)5-11(8,6-15)9(16)17/h8H,3-6H2,1-2H3,(H,16,17). The van der Waals surface area contributed by atoms with Gasteiger partial charge in [0, 0.05) is 32.1 Å². The summed E-state index contributed by atoms with van der Waals surface area (Å²) in [5, 5.41) is 19.5.